The maximum atomic E-state index is 9.03. The van der Waals surface area contributed by atoms with Crippen LogP contribution in [0.2, 0.25) is 0 Å². The lowest BCUT2D eigenvalue weighted by Crippen LogP contribution is -2.46. The SMILES string of the molecule is COc1cc(C)c2[nH]ccc2c1CN1CCC2(CC1)CC(C#N)C2. The molecule has 4 nitrogen and oxygen atoms in total. The van der Waals surface area contributed by atoms with Crippen molar-refractivity contribution >= 4 is 10.9 Å². The Morgan fingerprint density at radius 2 is 2.12 bits per heavy atom. The first-order valence-electron chi connectivity index (χ1n) is 8.90. The molecule has 126 valence electrons. The van der Waals surface area contributed by atoms with Gasteiger partial charge in [0.1, 0.15) is 5.75 Å². The molecule has 4 rings (SSSR count). The number of hydrogen-bond donors (Lipinski definition) is 1. The van der Waals surface area contributed by atoms with Crippen LogP contribution in [0.15, 0.2) is 18.3 Å². The first-order chi connectivity index (χ1) is 11.6. The van der Waals surface area contributed by atoms with Gasteiger partial charge in [0.15, 0.2) is 0 Å². The number of nitrogens with one attached hydrogen (secondary N) is 1. The Bertz CT molecular complexity index is 785. The minimum Gasteiger partial charge on any atom is -0.496 e. The van der Waals surface area contributed by atoms with Crippen molar-refractivity contribution in [3.05, 3.63) is 29.5 Å². The van der Waals surface area contributed by atoms with Gasteiger partial charge in [-0.3, -0.25) is 4.90 Å². The summed E-state index contributed by atoms with van der Waals surface area (Å²) in [6, 6.07) is 6.73. The number of methoxy groups -OCH3 is 1. The number of ether oxygens (including phenoxy) is 1. The van der Waals surface area contributed by atoms with Gasteiger partial charge in [0.05, 0.1) is 13.2 Å². The average molecular weight is 323 g/mol. The molecule has 1 N–H and O–H groups in total. The van der Waals surface area contributed by atoms with Crippen LogP contribution in [0.3, 0.4) is 0 Å². The van der Waals surface area contributed by atoms with Gasteiger partial charge in [0.25, 0.3) is 0 Å². The number of hydrogen-bond acceptors (Lipinski definition) is 3. The highest BCUT2D eigenvalue weighted by atomic mass is 16.5. The quantitative estimate of drug-likeness (QED) is 0.929. The molecule has 0 bridgehead atoms. The largest absolute Gasteiger partial charge is 0.496 e. The number of H-pyrrole nitrogens is 1. The molecule has 1 aromatic carbocycles. The topological polar surface area (TPSA) is 52.0 Å². The molecule has 2 fully saturated rings. The van der Waals surface area contributed by atoms with Gasteiger partial charge in [-0.2, -0.15) is 5.26 Å². The van der Waals surface area contributed by atoms with E-state index < -0.39 is 0 Å². The van der Waals surface area contributed by atoms with Gasteiger partial charge in [-0.1, -0.05) is 0 Å². The Labute approximate surface area is 143 Å². The van der Waals surface area contributed by atoms with Gasteiger partial charge in [0, 0.05) is 35.1 Å². The van der Waals surface area contributed by atoms with Crippen molar-refractivity contribution in [2.45, 2.75) is 39.2 Å². The van der Waals surface area contributed by atoms with E-state index in [1.807, 2.05) is 6.20 Å². The summed E-state index contributed by atoms with van der Waals surface area (Å²) in [6.45, 7) is 5.32. The molecular formula is C20H25N3O. The number of fused-ring (bicyclic) bond motifs is 1. The summed E-state index contributed by atoms with van der Waals surface area (Å²) in [6.07, 6.45) is 6.72. The Balaban J connectivity index is 1.51. The number of likely N-dealkylation sites (tertiary alicyclic amines) is 1. The Kier molecular flexibility index (Phi) is 3.77. The van der Waals surface area contributed by atoms with Crippen LogP contribution >= 0.6 is 0 Å². The zero-order valence-electron chi connectivity index (χ0n) is 14.6. The van der Waals surface area contributed by atoms with E-state index in [1.165, 1.54) is 34.9 Å². The molecule has 1 aromatic heterocycles. The Morgan fingerprint density at radius 3 is 2.79 bits per heavy atom. The summed E-state index contributed by atoms with van der Waals surface area (Å²) in [4.78, 5) is 5.90. The molecule has 0 radical (unpaired) electrons. The van der Waals surface area contributed by atoms with Crippen molar-refractivity contribution in [3.8, 4) is 11.8 Å². The van der Waals surface area contributed by atoms with Crippen LogP contribution in [0, 0.1) is 29.6 Å². The van der Waals surface area contributed by atoms with Gasteiger partial charge in [-0.05, 0) is 68.8 Å². The number of rotatable bonds is 3. The Morgan fingerprint density at radius 1 is 1.38 bits per heavy atom. The smallest absolute Gasteiger partial charge is 0.124 e. The van der Waals surface area contributed by atoms with E-state index >= 15 is 0 Å². The predicted molar refractivity (Wildman–Crippen MR) is 94.9 cm³/mol. The number of nitrogens with zero attached hydrogens (tertiary/aromatic N) is 2. The van der Waals surface area contributed by atoms with Crippen LogP contribution in [0.5, 0.6) is 5.75 Å². The van der Waals surface area contributed by atoms with Crippen molar-refractivity contribution in [1.82, 2.24) is 9.88 Å². The minimum absolute atomic E-state index is 0.313. The number of aromatic nitrogens is 1. The van der Waals surface area contributed by atoms with Gasteiger partial charge in [0.2, 0.25) is 0 Å². The second-order valence-corrected chi connectivity index (χ2v) is 7.65. The van der Waals surface area contributed by atoms with Crippen molar-refractivity contribution in [3.63, 3.8) is 0 Å². The van der Waals surface area contributed by atoms with E-state index in [1.54, 1.807) is 7.11 Å². The van der Waals surface area contributed by atoms with E-state index in [0.29, 0.717) is 11.3 Å². The summed E-state index contributed by atoms with van der Waals surface area (Å²) >= 11 is 0. The van der Waals surface area contributed by atoms with Crippen LogP contribution < -0.4 is 4.74 Å². The number of benzene rings is 1. The highest BCUT2D eigenvalue weighted by Crippen LogP contribution is 2.52. The van der Waals surface area contributed by atoms with E-state index in [2.05, 4.69) is 35.0 Å². The van der Waals surface area contributed by atoms with Crippen LogP contribution in [-0.2, 0) is 6.54 Å². The first kappa shape index (κ1) is 15.5. The molecule has 1 aliphatic heterocycles. The second-order valence-electron chi connectivity index (χ2n) is 7.65. The molecule has 1 spiro atoms. The summed E-state index contributed by atoms with van der Waals surface area (Å²) in [5, 5.41) is 10.3. The number of aryl methyl sites for hydroxylation is 1. The molecule has 0 atom stereocenters. The van der Waals surface area contributed by atoms with E-state index in [9.17, 15) is 0 Å². The van der Waals surface area contributed by atoms with Crippen molar-refractivity contribution in [2.75, 3.05) is 20.2 Å². The Hall–Kier alpha value is -1.99. The molecule has 1 saturated heterocycles. The van der Waals surface area contributed by atoms with Crippen LogP contribution in [0.25, 0.3) is 10.9 Å². The average Bonchev–Trinajstić information content (AvgIpc) is 3.06. The van der Waals surface area contributed by atoms with Crippen LogP contribution in [-0.4, -0.2) is 30.1 Å². The lowest BCUT2D eigenvalue weighted by Gasteiger charge is -2.50. The highest BCUT2D eigenvalue weighted by Gasteiger charge is 2.45. The fourth-order valence-electron chi connectivity index (χ4n) is 4.68. The summed E-state index contributed by atoms with van der Waals surface area (Å²) in [5.74, 6) is 1.31. The lowest BCUT2D eigenvalue weighted by atomic mass is 9.58. The standard InChI is InChI=1S/C20H25N3O/c1-14-9-18(24-2)17(16-3-6-22-19(14)16)13-23-7-4-20(5-8-23)10-15(11-20)12-21/h3,6,9,15,22H,4-5,7-8,10-11,13H2,1-2H3. The normalized spacial score (nSPS) is 20.9. The predicted octanol–water partition coefficient (Wildman–Crippen LogP) is 4.00. The molecule has 2 aliphatic rings. The zero-order valence-corrected chi connectivity index (χ0v) is 14.6. The van der Waals surface area contributed by atoms with Crippen molar-refractivity contribution < 1.29 is 4.74 Å². The molecule has 0 amide bonds. The third-order valence-corrected chi connectivity index (χ3v) is 6.17. The second kappa shape index (κ2) is 5.82. The summed E-state index contributed by atoms with van der Waals surface area (Å²) in [5.41, 5.74) is 4.21. The summed E-state index contributed by atoms with van der Waals surface area (Å²) in [7, 11) is 1.76. The fourth-order valence-corrected chi connectivity index (χ4v) is 4.68. The van der Waals surface area contributed by atoms with E-state index in [-0.39, 0.29) is 0 Å². The van der Waals surface area contributed by atoms with Gasteiger partial charge >= 0.3 is 0 Å². The maximum Gasteiger partial charge on any atom is 0.124 e. The monoisotopic (exact) mass is 323 g/mol. The maximum absolute atomic E-state index is 9.03. The molecule has 4 heteroatoms. The van der Waals surface area contributed by atoms with E-state index in [4.69, 9.17) is 10.00 Å². The zero-order chi connectivity index (χ0) is 16.7. The van der Waals surface area contributed by atoms with Gasteiger partial charge in [-0.15, -0.1) is 0 Å². The molecule has 0 unspecified atom stereocenters. The van der Waals surface area contributed by atoms with Crippen LogP contribution in [0.4, 0.5) is 0 Å². The lowest BCUT2D eigenvalue weighted by molar-refractivity contribution is 0.00470. The van der Waals surface area contributed by atoms with E-state index in [0.717, 1.165) is 38.2 Å². The van der Waals surface area contributed by atoms with Gasteiger partial charge < -0.3 is 9.72 Å². The minimum atomic E-state index is 0.313. The molecule has 2 aromatic rings. The van der Waals surface area contributed by atoms with Gasteiger partial charge in [-0.25, -0.2) is 0 Å². The first-order valence-corrected chi connectivity index (χ1v) is 8.90. The molecular weight excluding hydrogens is 298 g/mol. The van der Waals surface area contributed by atoms with Crippen molar-refractivity contribution in [1.29, 1.82) is 5.26 Å². The number of aromatic amines is 1. The molecule has 2 heterocycles. The fraction of sp³-hybridized carbons (Fsp3) is 0.550. The third kappa shape index (κ3) is 2.48. The highest BCUT2D eigenvalue weighted by molar-refractivity contribution is 5.88. The summed E-state index contributed by atoms with van der Waals surface area (Å²) < 4.78 is 5.67. The molecule has 1 saturated carbocycles. The van der Waals surface area contributed by atoms with Crippen molar-refractivity contribution in [2.24, 2.45) is 11.3 Å². The molecule has 24 heavy (non-hydrogen) atoms. The number of nitriles is 1. The number of piperidine rings is 1. The third-order valence-electron chi connectivity index (χ3n) is 6.17. The molecule has 1 aliphatic carbocycles. The van der Waals surface area contributed by atoms with Crippen LogP contribution in [0.1, 0.15) is 36.8 Å².